The highest BCUT2D eigenvalue weighted by molar-refractivity contribution is 5.82. The molecule has 1 aromatic heterocycles. The quantitative estimate of drug-likeness (QED) is 0.374. The number of carbonyl (C=O) groups excluding carboxylic acids is 1. The number of unbranched alkanes of at least 4 members (excludes halogenated alkanes) is 1. The van der Waals surface area contributed by atoms with E-state index in [0.29, 0.717) is 32.0 Å². The van der Waals surface area contributed by atoms with Gasteiger partial charge in [-0.25, -0.2) is 4.79 Å². The molecule has 1 saturated heterocycles. The molecule has 196 valence electrons. The smallest absolute Gasteiger partial charge is 0.317 e. The van der Waals surface area contributed by atoms with E-state index >= 15 is 0 Å². The molecule has 0 aliphatic carbocycles. The van der Waals surface area contributed by atoms with E-state index in [-0.39, 0.29) is 18.0 Å². The zero-order chi connectivity index (χ0) is 25.4. The first-order valence-electron chi connectivity index (χ1n) is 13.2. The predicted octanol–water partition coefficient (Wildman–Crippen LogP) is 4.80. The van der Waals surface area contributed by atoms with Crippen LogP contribution in [0.5, 0.6) is 0 Å². The van der Waals surface area contributed by atoms with Gasteiger partial charge in [-0.15, -0.1) is 0 Å². The molecule has 7 heteroatoms. The average Bonchev–Trinajstić information content (AvgIpc) is 3.21. The zero-order valence-corrected chi connectivity index (χ0v) is 22.2. The molecule has 0 spiro atoms. The van der Waals surface area contributed by atoms with Gasteiger partial charge < -0.3 is 29.8 Å². The van der Waals surface area contributed by atoms with E-state index in [1.807, 2.05) is 43.1 Å². The second-order valence-corrected chi connectivity index (χ2v) is 10.6. The SMILES string of the molecule is CNCC(CC(C)C)NC(=O)N1CCC[C@@H]([C@@](O)(CCCCOC)c2cccc3cc(C)oc23)C1. The highest BCUT2D eigenvalue weighted by Crippen LogP contribution is 2.43. The molecule has 2 heterocycles. The average molecular weight is 488 g/mol. The maximum absolute atomic E-state index is 13.3. The van der Waals surface area contributed by atoms with E-state index in [9.17, 15) is 9.90 Å². The van der Waals surface area contributed by atoms with Crippen LogP contribution in [0, 0.1) is 18.8 Å². The Morgan fingerprint density at radius 3 is 2.86 bits per heavy atom. The number of likely N-dealkylation sites (tertiary alicyclic amines) is 1. The van der Waals surface area contributed by atoms with Gasteiger partial charge in [0, 0.05) is 56.3 Å². The molecule has 3 rings (SSSR count). The van der Waals surface area contributed by atoms with E-state index < -0.39 is 5.60 Å². The number of hydrogen-bond acceptors (Lipinski definition) is 5. The molecule has 0 radical (unpaired) electrons. The van der Waals surface area contributed by atoms with Crippen molar-refractivity contribution >= 4 is 17.0 Å². The number of aryl methyl sites for hydroxylation is 1. The molecule has 1 aliphatic heterocycles. The van der Waals surface area contributed by atoms with Crippen LogP contribution in [0.15, 0.2) is 28.7 Å². The number of nitrogens with one attached hydrogen (secondary N) is 2. The molecule has 2 amide bonds. The molecular formula is C28H45N3O4. The maximum atomic E-state index is 13.3. The standard InChI is InChI=1S/C28H45N3O4/c1-20(2)16-24(18-29-4)30-27(32)31-14-9-11-23(19-31)28(33,13-6-7-15-34-5)25-12-8-10-22-17-21(3)35-26(22)25/h8,10,12,17,20,23-24,29,33H,6-7,9,11,13-16,18-19H2,1-5H3,(H,30,32)/t23-,24?,28+/m1/s1. The number of para-hydroxylation sites is 1. The molecule has 7 nitrogen and oxygen atoms in total. The minimum absolute atomic E-state index is 0.0376. The van der Waals surface area contributed by atoms with Crippen molar-refractivity contribution in [3.8, 4) is 0 Å². The number of hydrogen-bond donors (Lipinski definition) is 3. The van der Waals surface area contributed by atoms with Crippen molar-refractivity contribution in [3.05, 3.63) is 35.6 Å². The van der Waals surface area contributed by atoms with Crippen molar-refractivity contribution in [2.24, 2.45) is 11.8 Å². The Balaban J connectivity index is 1.84. The third kappa shape index (κ3) is 6.99. The Morgan fingerprint density at radius 2 is 2.14 bits per heavy atom. The molecule has 1 fully saturated rings. The van der Waals surface area contributed by atoms with Crippen molar-refractivity contribution in [1.29, 1.82) is 0 Å². The lowest BCUT2D eigenvalue weighted by Gasteiger charge is -2.43. The van der Waals surface area contributed by atoms with Gasteiger partial charge in [0.25, 0.3) is 0 Å². The van der Waals surface area contributed by atoms with Crippen LogP contribution in [0.1, 0.15) is 63.7 Å². The fourth-order valence-corrected chi connectivity index (χ4v) is 5.56. The van der Waals surface area contributed by atoms with Gasteiger partial charge >= 0.3 is 6.03 Å². The molecule has 3 atom stereocenters. The Hall–Kier alpha value is -2.09. The van der Waals surface area contributed by atoms with Gasteiger partial charge in [0.05, 0.1) is 5.60 Å². The van der Waals surface area contributed by atoms with Crippen molar-refractivity contribution in [2.45, 2.75) is 70.9 Å². The number of aliphatic hydroxyl groups is 1. The van der Waals surface area contributed by atoms with Crippen molar-refractivity contribution in [1.82, 2.24) is 15.5 Å². The van der Waals surface area contributed by atoms with Gasteiger partial charge in [0.15, 0.2) is 0 Å². The number of methoxy groups -OCH3 is 1. The summed E-state index contributed by atoms with van der Waals surface area (Å²) < 4.78 is 11.3. The number of amides is 2. The number of nitrogens with zero attached hydrogens (tertiary/aromatic N) is 1. The molecule has 1 aliphatic rings. The van der Waals surface area contributed by atoms with Crippen LogP contribution >= 0.6 is 0 Å². The van der Waals surface area contributed by atoms with Crippen LogP contribution in [0.25, 0.3) is 11.0 Å². The van der Waals surface area contributed by atoms with Crippen LogP contribution in [0.4, 0.5) is 4.79 Å². The Morgan fingerprint density at radius 1 is 1.34 bits per heavy atom. The first kappa shape index (κ1) is 27.5. The molecule has 0 saturated carbocycles. The lowest BCUT2D eigenvalue weighted by atomic mass is 9.73. The van der Waals surface area contributed by atoms with E-state index in [2.05, 4.69) is 24.5 Å². The van der Waals surface area contributed by atoms with Gasteiger partial charge in [-0.05, 0) is 64.5 Å². The van der Waals surface area contributed by atoms with Gasteiger partial charge in [-0.3, -0.25) is 0 Å². The van der Waals surface area contributed by atoms with E-state index in [4.69, 9.17) is 9.15 Å². The molecular weight excluding hydrogens is 442 g/mol. The van der Waals surface area contributed by atoms with E-state index in [1.165, 1.54) is 0 Å². The highest BCUT2D eigenvalue weighted by atomic mass is 16.5. The summed E-state index contributed by atoms with van der Waals surface area (Å²) in [7, 11) is 3.62. The maximum Gasteiger partial charge on any atom is 0.317 e. The fourth-order valence-electron chi connectivity index (χ4n) is 5.56. The Labute approximate surface area is 210 Å². The summed E-state index contributed by atoms with van der Waals surface area (Å²) in [5.74, 6) is 1.25. The minimum atomic E-state index is -1.08. The number of likely N-dealkylation sites (N-methyl/N-ethyl adjacent to an activating group) is 1. The predicted molar refractivity (Wildman–Crippen MR) is 141 cm³/mol. The first-order chi connectivity index (χ1) is 16.8. The largest absolute Gasteiger partial charge is 0.461 e. The summed E-state index contributed by atoms with van der Waals surface area (Å²) in [5.41, 5.74) is 0.506. The topological polar surface area (TPSA) is 87.0 Å². The number of furan rings is 1. The normalized spacial score (nSPS) is 19.2. The summed E-state index contributed by atoms with van der Waals surface area (Å²) in [5, 5.41) is 19.8. The van der Waals surface area contributed by atoms with Crippen LogP contribution < -0.4 is 10.6 Å². The van der Waals surface area contributed by atoms with Gasteiger partial charge in [-0.1, -0.05) is 32.0 Å². The number of piperidine rings is 1. The lowest BCUT2D eigenvalue weighted by molar-refractivity contribution is -0.0558. The zero-order valence-electron chi connectivity index (χ0n) is 22.2. The van der Waals surface area contributed by atoms with E-state index in [0.717, 1.165) is 60.9 Å². The van der Waals surface area contributed by atoms with Crippen molar-refractivity contribution < 1.29 is 19.1 Å². The number of fused-ring (bicyclic) bond motifs is 1. The number of benzene rings is 1. The Kier molecular flexibility index (Phi) is 10.0. The van der Waals surface area contributed by atoms with E-state index in [1.54, 1.807) is 7.11 Å². The van der Waals surface area contributed by atoms with Gasteiger partial charge in [0.2, 0.25) is 0 Å². The number of carbonyl (C=O) groups is 1. The third-order valence-electron chi connectivity index (χ3n) is 7.21. The van der Waals surface area contributed by atoms with Gasteiger partial charge in [-0.2, -0.15) is 0 Å². The van der Waals surface area contributed by atoms with Crippen molar-refractivity contribution in [2.75, 3.05) is 40.4 Å². The van der Waals surface area contributed by atoms with Gasteiger partial charge in [0.1, 0.15) is 11.3 Å². The second-order valence-electron chi connectivity index (χ2n) is 10.6. The number of urea groups is 1. The molecule has 3 N–H and O–H groups in total. The molecule has 1 unspecified atom stereocenters. The lowest BCUT2D eigenvalue weighted by Crippen LogP contribution is -2.53. The molecule has 35 heavy (non-hydrogen) atoms. The Bertz CT molecular complexity index is 943. The van der Waals surface area contributed by atoms with Crippen LogP contribution in [0.3, 0.4) is 0 Å². The summed E-state index contributed by atoms with van der Waals surface area (Å²) in [6, 6.07) is 8.07. The fraction of sp³-hybridized carbons (Fsp3) is 0.679. The third-order valence-corrected chi connectivity index (χ3v) is 7.21. The minimum Gasteiger partial charge on any atom is -0.461 e. The molecule has 1 aromatic carbocycles. The van der Waals surface area contributed by atoms with Crippen LogP contribution in [-0.2, 0) is 10.3 Å². The van der Waals surface area contributed by atoms with Crippen molar-refractivity contribution in [3.63, 3.8) is 0 Å². The summed E-state index contributed by atoms with van der Waals surface area (Å²) in [6.07, 6.45) is 4.98. The number of rotatable bonds is 12. The summed E-state index contributed by atoms with van der Waals surface area (Å²) in [4.78, 5) is 15.2. The van der Waals surface area contributed by atoms with Crippen LogP contribution in [-0.4, -0.2) is 62.5 Å². The molecule has 2 aromatic rings. The monoisotopic (exact) mass is 487 g/mol. The summed E-state index contributed by atoms with van der Waals surface area (Å²) in [6.45, 7) is 8.93. The van der Waals surface area contributed by atoms with Crippen LogP contribution in [0.2, 0.25) is 0 Å². The second kappa shape index (κ2) is 12.7. The molecule has 0 bridgehead atoms. The first-order valence-corrected chi connectivity index (χ1v) is 13.2. The summed E-state index contributed by atoms with van der Waals surface area (Å²) >= 11 is 0. The highest BCUT2D eigenvalue weighted by Gasteiger charge is 2.43. The number of ether oxygens (including phenoxy) is 1.